The second-order valence-corrected chi connectivity index (χ2v) is 37.1. The van der Waals surface area contributed by atoms with Crippen molar-refractivity contribution in [2.45, 2.75) is 92.6 Å². The van der Waals surface area contributed by atoms with Gasteiger partial charge in [0.1, 0.15) is 21.9 Å². The number of carbonyl (C=O) groups excluding carboxylic acids is 2. The summed E-state index contributed by atoms with van der Waals surface area (Å²) in [5.41, 5.74) is 14.2. The van der Waals surface area contributed by atoms with Crippen molar-refractivity contribution in [3.05, 3.63) is 165 Å². The lowest BCUT2D eigenvalue weighted by Crippen LogP contribution is -2.44. The van der Waals surface area contributed by atoms with E-state index in [-0.39, 0.29) is 13.2 Å². The van der Waals surface area contributed by atoms with Crippen LogP contribution in [0.1, 0.15) is 89.9 Å². The van der Waals surface area contributed by atoms with Crippen molar-refractivity contribution in [3.63, 3.8) is 0 Å². The number of rotatable bonds is 13. The summed E-state index contributed by atoms with van der Waals surface area (Å²) in [7, 11) is 12.6. The van der Waals surface area contributed by atoms with Crippen LogP contribution in [0.25, 0.3) is 86.4 Å². The first-order valence-corrected chi connectivity index (χ1v) is 42.9. The Morgan fingerprint density at radius 3 is 1.35 bits per heavy atom. The Morgan fingerprint density at radius 2 is 0.919 bits per heavy atom. The van der Waals surface area contributed by atoms with E-state index in [9.17, 15) is 9.59 Å². The molecule has 20 nitrogen and oxygen atoms in total. The average molecular weight is 1890 g/mol. The van der Waals surface area contributed by atoms with Crippen LogP contribution in [0.15, 0.2) is 129 Å². The molecule has 0 spiro atoms. The maximum Gasteiger partial charge on any atom is 0.339 e. The van der Waals surface area contributed by atoms with Crippen LogP contribution in [0, 0.1) is 17.4 Å². The summed E-state index contributed by atoms with van der Waals surface area (Å²) >= 11 is 28.3. The molecule has 15 rings (SSSR count). The number of piperazine rings is 3. The number of likely N-dealkylation sites (N-methyl/N-ethyl adjacent to an activating group) is 3. The molecule has 3 fully saturated rings. The summed E-state index contributed by atoms with van der Waals surface area (Å²) in [6.45, 7) is 32.9. The molecule has 0 unspecified atom stereocenters. The number of benzene rings is 4. The van der Waals surface area contributed by atoms with Gasteiger partial charge in [0.25, 0.3) is 0 Å². The molecule has 3 saturated heterocycles. The summed E-state index contributed by atoms with van der Waals surface area (Å²) in [6.07, 6.45) is 10.3. The van der Waals surface area contributed by atoms with Crippen molar-refractivity contribution >= 4 is 193 Å². The zero-order valence-corrected chi connectivity index (χ0v) is 75.9. The van der Waals surface area contributed by atoms with Gasteiger partial charge in [0, 0.05) is 203 Å². The minimum atomic E-state index is -0.918. The molecule has 0 saturated carbocycles. The molecule has 28 heteroatoms. The second kappa shape index (κ2) is 37.6. The van der Waals surface area contributed by atoms with Crippen LogP contribution >= 0.6 is 116 Å². The molecule has 11 heterocycles. The minimum Gasteiger partial charge on any atom is -0.464 e. The van der Waals surface area contributed by atoms with Gasteiger partial charge in [0.2, 0.25) is 0 Å². The van der Waals surface area contributed by atoms with E-state index < -0.39 is 35.3 Å². The normalized spacial score (nSPS) is 15.2. The topological polar surface area (TPSA) is 179 Å². The van der Waals surface area contributed by atoms with E-state index in [2.05, 4.69) is 196 Å². The maximum absolute atomic E-state index is 13.5. The van der Waals surface area contributed by atoms with E-state index in [4.69, 9.17) is 52.1 Å². The lowest BCUT2D eigenvalue weighted by atomic mass is 9.91. The molecule has 3 aliphatic heterocycles. The molecular formula is C83H98Br3Cl2IN14O6S2. The van der Waals surface area contributed by atoms with Crippen LogP contribution in [-0.4, -0.2) is 189 Å². The predicted octanol–water partition coefficient (Wildman–Crippen LogP) is 19.3. The van der Waals surface area contributed by atoms with Crippen LogP contribution in [0.5, 0.6) is 0 Å². The van der Waals surface area contributed by atoms with Crippen molar-refractivity contribution in [1.82, 2.24) is 58.6 Å². The summed E-state index contributed by atoms with van der Waals surface area (Å²) in [5.74, 6) is -0.811. The fourth-order valence-corrected chi connectivity index (χ4v) is 18.1. The van der Waals surface area contributed by atoms with Crippen molar-refractivity contribution in [2.24, 2.45) is 21.1 Å². The molecule has 111 heavy (non-hydrogen) atoms. The van der Waals surface area contributed by atoms with Crippen molar-refractivity contribution < 1.29 is 28.5 Å². The lowest BCUT2D eigenvalue weighted by Gasteiger charge is -2.33. The number of thiazole rings is 2. The molecule has 0 aliphatic carbocycles. The number of anilines is 2. The quantitative estimate of drug-likeness (QED) is 0.0850. The molecule has 0 amide bonds. The van der Waals surface area contributed by atoms with E-state index >= 15 is 0 Å². The number of hydrogen-bond acceptors (Lipinski definition) is 19. The first-order chi connectivity index (χ1) is 52.8. The van der Waals surface area contributed by atoms with E-state index in [1.165, 1.54) is 50.1 Å². The van der Waals surface area contributed by atoms with Gasteiger partial charge in [-0.25, -0.2) is 34.5 Å². The number of pyridine rings is 3. The van der Waals surface area contributed by atoms with Crippen molar-refractivity contribution in [2.75, 3.05) is 123 Å². The smallest absolute Gasteiger partial charge is 0.339 e. The third kappa shape index (κ3) is 21.3. The highest BCUT2D eigenvalue weighted by Crippen LogP contribution is 2.47. The van der Waals surface area contributed by atoms with Crippen LogP contribution in [-0.2, 0) is 49.7 Å². The molecule has 4 aromatic carbocycles. The third-order valence-electron chi connectivity index (χ3n) is 19.1. The van der Waals surface area contributed by atoms with Gasteiger partial charge in [-0.15, -0.1) is 22.7 Å². The first-order valence-electron chi connectivity index (χ1n) is 37.1. The number of nitrogens with zero attached hydrogens (tertiary/aromatic N) is 13. The van der Waals surface area contributed by atoms with Gasteiger partial charge in [-0.3, -0.25) is 0 Å². The van der Waals surface area contributed by atoms with Gasteiger partial charge in [-0.2, -0.15) is 0 Å². The monoisotopic (exact) mass is 1880 g/mol. The number of aromatic nitrogens is 8. The summed E-state index contributed by atoms with van der Waals surface area (Å²) in [4.78, 5) is 61.8. The van der Waals surface area contributed by atoms with Gasteiger partial charge in [0.05, 0.1) is 56.2 Å². The fraction of sp³-hybridized carbons (Fsp3) is 0.410. The van der Waals surface area contributed by atoms with Gasteiger partial charge in [0.15, 0.2) is 16.1 Å². The number of nitrogens with one attached hydrogen (secondary N) is 1. The molecule has 590 valence electrons. The maximum atomic E-state index is 13.5. The summed E-state index contributed by atoms with van der Waals surface area (Å²) in [5, 5.41) is 8.98. The van der Waals surface area contributed by atoms with Crippen LogP contribution in [0.2, 0.25) is 10.0 Å². The highest BCUT2D eigenvalue weighted by molar-refractivity contribution is 14.1. The summed E-state index contributed by atoms with van der Waals surface area (Å²) in [6, 6.07) is 25.8. The van der Waals surface area contributed by atoms with Crippen LogP contribution in [0.3, 0.4) is 0 Å². The third-order valence-corrected chi connectivity index (χ3v) is 24.0. The van der Waals surface area contributed by atoms with E-state index in [0.717, 1.165) is 176 Å². The number of aryl methyl sites for hydroxylation is 5. The van der Waals surface area contributed by atoms with E-state index in [0.29, 0.717) is 10.0 Å². The van der Waals surface area contributed by atoms with E-state index in [1.807, 2.05) is 153 Å². The highest BCUT2D eigenvalue weighted by Gasteiger charge is 2.36. The van der Waals surface area contributed by atoms with E-state index in [1.54, 1.807) is 18.3 Å². The number of hydrogen-bond donors (Lipinski definition) is 1. The number of halogens is 6. The van der Waals surface area contributed by atoms with Gasteiger partial charge < -0.3 is 62.5 Å². The van der Waals surface area contributed by atoms with Crippen LogP contribution in [0.4, 0.5) is 11.4 Å². The number of fused-ring (bicyclic) bond motifs is 5. The molecule has 2 atom stereocenters. The van der Waals surface area contributed by atoms with Crippen molar-refractivity contribution in [1.29, 1.82) is 0 Å². The molecule has 3 aliphatic rings. The Balaban J connectivity index is 0.000000156. The number of carbonyl (C=O) groups is 2. The van der Waals surface area contributed by atoms with Gasteiger partial charge >= 0.3 is 11.9 Å². The molecule has 8 aromatic heterocycles. The Bertz CT molecular complexity index is 5250. The predicted molar refractivity (Wildman–Crippen MR) is 477 cm³/mol. The van der Waals surface area contributed by atoms with Gasteiger partial charge in [-0.1, -0.05) is 47.5 Å². The average Bonchev–Trinajstić information content (AvgIpc) is 1.68. The zero-order valence-electron chi connectivity index (χ0n) is 65.9. The molecule has 1 N–H and O–H groups in total. The summed E-state index contributed by atoms with van der Waals surface area (Å²) < 4.78 is 35.9. The first kappa shape index (κ1) is 85.7. The Kier molecular flexibility index (Phi) is 29.0. The largest absolute Gasteiger partial charge is 0.464 e. The number of ether oxygens (including phenoxy) is 4. The molecular weight excluding hydrogens is 1790 g/mol. The number of esters is 2. The SMILES string of the molecule is CCOC(=O)[C@@H](OC(C)(C)C)c1c(C)cc2nc(-c3cnc4c(c3)c(N3CCN(C)CC3)cn4C)sc2c1-c1ccc(Cl)cc1.CCOC(=O)[C@@H](OC(C)(C)C)c1c(C)cc2nc(Br)sc2c1-c1ccc(Cl)cc1.CN1CCN(c2cn(C)c3ncc(Br)cc23)CC1.CN1CCNCC1.Cn1cc(I)c2cc(Br)cnc21. The Labute approximate surface area is 708 Å². The second-order valence-electron chi connectivity index (χ2n) is 30.0. The highest BCUT2D eigenvalue weighted by atomic mass is 127. The van der Waals surface area contributed by atoms with Gasteiger partial charge in [-0.05, 0) is 238 Å². The minimum absolute atomic E-state index is 0.260. The molecule has 12 aromatic rings. The van der Waals surface area contributed by atoms with Crippen molar-refractivity contribution in [3.8, 4) is 32.8 Å². The lowest BCUT2D eigenvalue weighted by molar-refractivity contribution is -0.167. The zero-order chi connectivity index (χ0) is 79.9. The van der Waals surface area contributed by atoms with Crippen LogP contribution < -0.4 is 15.1 Å². The molecule has 0 bridgehead atoms. The standard InChI is InChI=1S/C35H40ClN5O3S.C22H23BrClNO3S.C13H17BrN4.C8H6BrIN2.C5H12N2/c1-8-43-34(42)30(44-35(3,4)5)28-21(2)17-26-31(29(28)22-9-11-24(36)12-10-22)45-33(38-26)23-18-25-27(20-40(7)32(25)37-19-23)41-15-13-39(6)14-16-41;1-6-27-20(26)18(28-22(3,4)5)16-12(2)11-15-19(29-21(23)25-15)17(16)13-7-9-14(24)10-8-13;1-16-3-5-18(6-4-16)12-9-17(2)13-11(12)7-10(14)8-15-13;1-12-4-7(10)6-2-5(9)3-11-8(6)12;1-7-4-2-6-3-5-7/h9-12,17-20,30H,8,13-16H2,1-7H3;7-11,18H,6H2,1-5H3;7-9H,3-6H2,1-2H3;2-4H,1H3;6H,2-5H2,1H3/t30-;18-;;;/m00.../s1. The Hall–Kier alpha value is -6.22. The Morgan fingerprint density at radius 1 is 0.523 bits per heavy atom. The molecule has 0 radical (unpaired) electrons. The fourth-order valence-electron chi connectivity index (χ4n) is 13.7.